The number of aromatic amines is 1. The smallest absolute Gasteiger partial charge is 0.225 e. The van der Waals surface area contributed by atoms with Gasteiger partial charge in [0.2, 0.25) is 5.91 Å². The number of unbranched alkanes of at least 4 members (excludes halogenated alkanes) is 1. The van der Waals surface area contributed by atoms with Crippen LogP contribution in [-0.2, 0) is 11.2 Å². The topological polar surface area (TPSA) is 48.1 Å². The summed E-state index contributed by atoms with van der Waals surface area (Å²) in [6, 6.07) is 0. The fraction of sp³-hybridized carbons (Fsp3) is 0.667. The molecule has 1 amide bonds. The lowest BCUT2D eigenvalue weighted by atomic mass is 10.2. The van der Waals surface area contributed by atoms with Crippen LogP contribution in [0.2, 0.25) is 0 Å². The van der Waals surface area contributed by atoms with Crippen LogP contribution in [0.3, 0.4) is 0 Å². The third kappa shape index (κ3) is 5.75. The fourth-order valence-electron chi connectivity index (χ4n) is 1.59. The average molecular weight is 287 g/mol. The van der Waals surface area contributed by atoms with Gasteiger partial charge in [-0.05, 0) is 52.6 Å². The third-order valence-electron chi connectivity index (χ3n) is 2.60. The van der Waals surface area contributed by atoms with Crippen molar-refractivity contribution in [1.82, 2.24) is 15.2 Å². The Morgan fingerprint density at radius 2 is 2.17 bits per heavy atom. The van der Waals surface area contributed by atoms with Crippen LogP contribution in [0.1, 0.15) is 23.4 Å². The minimum atomic E-state index is 0.0770. The van der Waals surface area contributed by atoms with Gasteiger partial charge in [-0.15, -0.1) is 11.3 Å². The Bertz CT molecular complexity index is 437. The number of nitrogens with zero attached hydrogens (tertiary/aromatic N) is 1. The van der Waals surface area contributed by atoms with Gasteiger partial charge in [0.25, 0.3) is 0 Å². The summed E-state index contributed by atoms with van der Waals surface area (Å²) in [7, 11) is 4.11. The number of hydrogen-bond acceptors (Lipinski definition) is 4. The molecule has 0 spiro atoms. The first-order valence-electron chi connectivity index (χ1n) is 6.09. The Kier molecular flexibility index (Phi) is 6.52. The van der Waals surface area contributed by atoms with Crippen molar-refractivity contribution in [3.05, 3.63) is 14.5 Å². The van der Waals surface area contributed by atoms with Crippen molar-refractivity contribution in [2.24, 2.45) is 0 Å². The Labute approximate surface area is 117 Å². The van der Waals surface area contributed by atoms with Crippen LogP contribution in [0, 0.1) is 10.9 Å². The van der Waals surface area contributed by atoms with Crippen molar-refractivity contribution >= 4 is 29.5 Å². The molecule has 2 N–H and O–H groups in total. The molecule has 1 rings (SSSR count). The number of amides is 1. The van der Waals surface area contributed by atoms with E-state index in [0.29, 0.717) is 6.42 Å². The van der Waals surface area contributed by atoms with E-state index in [9.17, 15) is 4.79 Å². The monoisotopic (exact) mass is 287 g/mol. The summed E-state index contributed by atoms with van der Waals surface area (Å²) in [6.45, 7) is 3.77. The Morgan fingerprint density at radius 1 is 1.44 bits per heavy atom. The minimum absolute atomic E-state index is 0.0770. The van der Waals surface area contributed by atoms with Crippen molar-refractivity contribution in [3.8, 4) is 0 Å². The second kappa shape index (κ2) is 7.66. The van der Waals surface area contributed by atoms with E-state index in [2.05, 4.69) is 29.3 Å². The molecule has 0 radical (unpaired) electrons. The van der Waals surface area contributed by atoms with E-state index in [-0.39, 0.29) is 5.91 Å². The number of nitrogens with one attached hydrogen (secondary N) is 2. The van der Waals surface area contributed by atoms with Gasteiger partial charge in [-0.25, -0.2) is 0 Å². The largest absolute Gasteiger partial charge is 0.356 e. The molecule has 1 heterocycles. The number of aryl methyl sites for hydroxylation is 1. The third-order valence-corrected chi connectivity index (χ3v) is 3.94. The molecule has 6 heteroatoms. The molecule has 1 aromatic rings. The van der Waals surface area contributed by atoms with E-state index in [1.54, 1.807) is 0 Å². The van der Waals surface area contributed by atoms with E-state index in [4.69, 9.17) is 12.2 Å². The SMILES string of the molecule is Cc1[nH]c(=S)sc1CC(=O)NCCCCN(C)C. The summed E-state index contributed by atoms with van der Waals surface area (Å²) in [5.74, 6) is 0.0770. The Balaban J connectivity index is 2.22. The van der Waals surface area contributed by atoms with Crippen LogP contribution >= 0.6 is 23.6 Å². The van der Waals surface area contributed by atoms with E-state index in [0.717, 1.165) is 40.5 Å². The maximum absolute atomic E-state index is 11.7. The highest BCUT2D eigenvalue weighted by Crippen LogP contribution is 2.14. The highest BCUT2D eigenvalue weighted by Gasteiger charge is 2.07. The van der Waals surface area contributed by atoms with Gasteiger partial charge in [0.15, 0.2) is 3.95 Å². The summed E-state index contributed by atoms with van der Waals surface area (Å²) in [5, 5.41) is 2.94. The van der Waals surface area contributed by atoms with Gasteiger partial charge in [-0.1, -0.05) is 0 Å². The Morgan fingerprint density at radius 3 is 2.72 bits per heavy atom. The van der Waals surface area contributed by atoms with Crippen molar-refractivity contribution in [1.29, 1.82) is 0 Å². The van der Waals surface area contributed by atoms with E-state index in [1.807, 2.05) is 6.92 Å². The fourth-order valence-corrected chi connectivity index (χ4v) is 2.88. The van der Waals surface area contributed by atoms with Gasteiger partial charge in [0, 0.05) is 17.1 Å². The molecule has 0 unspecified atom stereocenters. The number of aromatic nitrogens is 1. The first-order valence-corrected chi connectivity index (χ1v) is 7.31. The molecule has 0 aromatic carbocycles. The van der Waals surface area contributed by atoms with Crippen molar-refractivity contribution in [3.63, 3.8) is 0 Å². The number of rotatable bonds is 7. The second-order valence-corrected chi connectivity index (χ2v) is 6.37. The summed E-state index contributed by atoms with van der Waals surface area (Å²) >= 11 is 6.53. The van der Waals surface area contributed by atoms with Gasteiger partial charge in [-0.2, -0.15) is 0 Å². The molecule has 0 saturated heterocycles. The molecule has 0 aliphatic rings. The number of carbonyl (C=O) groups excluding carboxylic acids is 1. The zero-order chi connectivity index (χ0) is 13.5. The van der Waals surface area contributed by atoms with Crippen LogP contribution < -0.4 is 5.32 Å². The lowest BCUT2D eigenvalue weighted by Crippen LogP contribution is -2.26. The summed E-state index contributed by atoms with van der Waals surface area (Å²) in [5.41, 5.74) is 1.01. The molecular formula is C12H21N3OS2. The molecule has 0 saturated carbocycles. The molecule has 0 aliphatic carbocycles. The quantitative estimate of drug-likeness (QED) is 0.596. The van der Waals surface area contributed by atoms with E-state index < -0.39 is 0 Å². The van der Waals surface area contributed by atoms with Gasteiger partial charge < -0.3 is 15.2 Å². The summed E-state index contributed by atoms with van der Waals surface area (Å²) in [4.78, 5) is 17.9. The predicted octanol–water partition coefficient (Wildman–Crippen LogP) is 2.11. The average Bonchev–Trinajstić information content (AvgIpc) is 2.56. The van der Waals surface area contributed by atoms with Crippen LogP contribution in [0.5, 0.6) is 0 Å². The highest BCUT2D eigenvalue weighted by atomic mass is 32.1. The van der Waals surface area contributed by atoms with Crippen molar-refractivity contribution < 1.29 is 4.79 Å². The normalized spacial score (nSPS) is 10.9. The van der Waals surface area contributed by atoms with Gasteiger partial charge >= 0.3 is 0 Å². The maximum atomic E-state index is 11.7. The summed E-state index contributed by atoms with van der Waals surface area (Å²) < 4.78 is 0.737. The lowest BCUT2D eigenvalue weighted by molar-refractivity contribution is -0.120. The first kappa shape index (κ1) is 15.3. The summed E-state index contributed by atoms with van der Waals surface area (Å²) in [6.07, 6.45) is 2.55. The van der Waals surface area contributed by atoms with Gasteiger partial charge in [-0.3, -0.25) is 4.79 Å². The van der Waals surface area contributed by atoms with Gasteiger partial charge in [0.05, 0.1) is 6.42 Å². The maximum Gasteiger partial charge on any atom is 0.225 e. The molecule has 1 aromatic heterocycles. The molecule has 0 fully saturated rings. The van der Waals surface area contributed by atoms with Crippen LogP contribution in [-0.4, -0.2) is 43.0 Å². The second-order valence-electron chi connectivity index (χ2n) is 4.60. The molecule has 18 heavy (non-hydrogen) atoms. The Hall–Kier alpha value is -0.720. The molecular weight excluding hydrogens is 266 g/mol. The lowest BCUT2D eigenvalue weighted by Gasteiger charge is -2.09. The standard InChI is InChI=1S/C12H21N3OS2/c1-9-10(18-12(17)14-9)8-11(16)13-6-4-5-7-15(2)3/h4-8H2,1-3H3,(H,13,16)(H,14,17). The van der Waals surface area contributed by atoms with Gasteiger partial charge in [0.1, 0.15) is 0 Å². The molecule has 4 nitrogen and oxygen atoms in total. The molecule has 102 valence electrons. The molecule has 0 atom stereocenters. The van der Waals surface area contributed by atoms with E-state index >= 15 is 0 Å². The van der Waals surface area contributed by atoms with Crippen molar-refractivity contribution in [2.75, 3.05) is 27.2 Å². The number of carbonyl (C=O) groups is 1. The molecule has 0 aliphatic heterocycles. The van der Waals surface area contributed by atoms with E-state index in [1.165, 1.54) is 11.3 Å². The number of thiazole rings is 1. The minimum Gasteiger partial charge on any atom is -0.356 e. The van der Waals surface area contributed by atoms with Crippen LogP contribution in [0.15, 0.2) is 0 Å². The van der Waals surface area contributed by atoms with Crippen LogP contribution in [0.25, 0.3) is 0 Å². The number of H-pyrrole nitrogens is 1. The zero-order valence-corrected chi connectivity index (χ0v) is 12.8. The molecule has 0 bridgehead atoms. The highest BCUT2D eigenvalue weighted by molar-refractivity contribution is 7.73. The zero-order valence-electron chi connectivity index (χ0n) is 11.2. The number of hydrogen-bond donors (Lipinski definition) is 2. The van der Waals surface area contributed by atoms with Crippen LogP contribution in [0.4, 0.5) is 0 Å². The first-order chi connectivity index (χ1) is 8.49. The predicted molar refractivity (Wildman–Crippen MR) is 78.7 cm³/mol. The van der Waals surface area contributed by atoms with Crippen molar-refractivity contribution in [2.45, 2.75) is 26.2 Å².